The fraction of sp³-hybridized carbons (Fsp3) is 0.300. The molecule has 1 aromatic heterocycles. The van der Waals surface area contributed by atoms with Crippen LogP contribution in [0.1, 0.15) is 13.8 Å². The van der Waals surface area contributed by atoms with Crippen molar-refractivity contribution < 1.29 is 0 Å². The Morgan fingerprint density at radius 2 is 2.31 bits per heavy atom. The van der Waals surface area contributed by atoms with E-state index in [0.717, 1.165) is 0 Å². The van der Waals surface area contributed by atoms with E-state index in [0.29, 0.717) is 12.2 Å². The molecule has 70 valence electrons. The maximum atomic E-state index is 11.4. The van der Waals surface area contributed by atoms with Crippen molar-refractivity contribution in [3.05, 3.63) is 40.3 Å². The zero-order valence-electron chi connectivity index (χ0n) is 7.95. The van der Waals surface area contributed by atoms with Crippen LogP contribution in [0.15, 0.2) is 34.8 Å². The summed E-state index contributed by atoms with van der Waals surface area (Å²) in [5, 5.41) is 0. The lowest BCUT2D eigenvalue weighted by molar-refractivity contribution is 0.777. The predicted octanol–water partition coefficient (Wildman–Crippen LogP) is 1.40. The number of rotatable bonds is 2. The first-order chi connectivity index (χ1) is 6.11. The van der Waals surface area contributed by atoms with Crippen molar-refractivity contribution in [1.82, 2.24) is 4.57 Å². The summed E-state index contributed by atoms with van der Waals surface area (Å²) in [6.07, 6.45) is 3.72. The number of nitrogen functional groups attached to an aromatic ring is 1. The third kappa shape index (κ3) is 2.47. The number of pyridine rings is 1. The summed E-state index contributed by atoms with van der Waals surface area (Å²) >= 11 is 0. The molecular formula is C10H14N2O. The van der Waals surface area contributed by atoms with E-state index in [1.807, 2.05) is 19.9 Å². The van der Waals surface area contributed by atoms with Crippen molar-refractivity contribution in [2.75, 3.05) is 5.73 Å². The van der Waals surface area contributed by atoms with Crippen LogP contribution in [0.2, 0.25) is 0 Å². The number of allylic oxidation sites excluding steroid dienone is 2. The van der Waals surface area contributed by atoms with Gasteiger partial charge in [-0.3, -0.25) is 4.79 Å². The van der Waals surface area contributed by atoms with Gasteiger partial charge in [0.25, 0.3) is 5.56 Å². The van der Waals surface area contributed by atoms with Gasteiger partial charge in [-0.2, -0.15) is 0 Å². The fourth-order valence-corrected chi connectivity index (χ4v) is 0.980. The van der Waals surface area contributed by atoms with E-state index in [1.165, 1.54) is 5.57 Å². The summed E-state index contributed by atoms with van der Waals surface area (Å²) in [4.78, 5) is 11.4. The molecule has 2 N–H and O–H groups in total. The van der Waals surface area contributed by atoms with Crippen molar-refractivity contribution in [3.63, 3.8) is 0 Å². The van der Waals surface area contributed by atoms with Crippen LogP contribution in [0, 0.1) is 0 Å². The molecule has 0 atom stereocenters. The van der Waals surface area contributed by atoms with Gasteiger partial charge in [0, 0.05) is 12.7 Å². The number of aromatic nitrogens is 1. The fourth-order valence-electron chi connectivity index (χ4n) is 0.980. The first kappa shape index (κ1) is 9.58. The van der Waals surface area contributed by atoms with Gasteiger partial charge >= 0.3 is 0 Å². The molecule has 0 aliphatic heterocycles. The lowest BCUT2D eigenvalue weighted by Crippen LogP contribution is -2.21. The summed E-state index contributed by atoms with van der Waals surface area (Å²) in [6, 6.07) is 3.39. The van der Waals surface area contributed by atoms with E-state index < -0.39 is 0 Å². The van der Waals surface area contributed by atoms with Crippen LogP contribution in [-0.4, -0.2) is 4.57 Å². The Morgan fingerprint density at radius 1 is 1.62 bits per heavy atom. The van der Waals surface area contributed by atoms with Gasteiger partial charge in [0.2, 0.25) is 0 Å². The van der Waals surface area contributed by atoms with Crippen LogP contribution in [0.3, 0.4) is 0 Å². The summed E-state index contributed by atoms with van der Waals surface area (Å²) < 4.78 is 1.59. The molecule has 0 spiro atoms. The SMILES string of the molecule is CC(C)=CCn1cccc(N)c1=O. The van der Waals surface area contributed by atoms with Gasteiger partial charge < -0.3 is 10.3 Å². The van der Waals surface area contributed by atoms with Crippen LogP contribution in [0.25, 0.3) is 0 Å². The maximum Gasteiger partial charge on any atom is 0.273 e. The number of hydrogen-bond donors (Lipinski definition) is 1. The van der Waals surface area contributed by atoms with Crippen LogP contribution in [-0.2, 0) is 6.54 Å². The second-order valence-electron chi connectivity index (χ2n) is 3.20. The van der Waals surface area contributed by atoms with E-state index >= 15 is 0 Å². The highest BCUT2D eigenvalue weighted by Crippen LogP contribution is 1.94. The molecule has 0 unspecified atom stereocenters. The third-order valence-electron chi connectivity index (χ3n) is 1.75. The van der Waals surface area contributed by atoms with E-state index in [-0.39, 0.29) is 5.56 Å². The van der Waals surface area contributed by atoms with Crippen molar-refractivity contribution in [3.8, 4) is 0 Å². The van der Waals surface area contributed by atoms with E-state index in [2.05, 4.69) is 0 Å². The van der Waals surface area contributed by atoms with Crippen LogP contribution in [0.4, 0.5) is 5.69 Å². The van der Waals surface area contributed by atoms with Crippen LogP contribution < -0.4 is 11.3 Å². The molecule has 0 fully saturated rings. The highest BCUT2D eigenvalue weighted by Gasteiger charge is 1.95. The Labute approximate surface area is 77.5 Å². The number of nitrogens with zero attached hydrogens (tertiary/aromatic N) is 1. The molecule has 0 radical (unpaired) electrons. The van der Waals surface area contributed by atoms with Crippen LogP contribution >= 0.6 is 0 Å². The Hall–Kier alpha value is -1.51. The Morgan fingerprint density at radius 3 is 2.92 bits per heavy atom. The molecule has 3 nitrogen and oxygen atoms in total. The molecule has 0 saturated heterocycles. The number of hydrogen-bond acceptors (Lipinski definition) is 2. The van der Waals surface area contributed by atoms with E-state index in [9.17, 15) is 4.79 Å². The lowest BCUT2D eigenvalue weighted by atomic mass is 10.3. The van der Waals surface area contributed by atoms with Crippen molar-refractivity contribution in [2.24, 2.45) is 0 Å². The number of anilines is 1. The van der Waals surface area contributed by atoms with Gasteiger partial charge in [-0.25, -0.2) is 0 Å². The monoisotopic (exact) mass is 178 g/mol. The van der Waals surface area contributed by atoms with Crippen molar-refractivity contribution in [1.29, 1.82) is 0 Å². The first-order valence-electron chi connectivity index (χ1n) is 4.19. The average Bonchev–Trinajstić information content (AvgIpc) is 2.07. The molecule has 0 aromatic carbocycles. The van der Waals surface area contributed by atoms with Crippen molar-refractivity contribution in [2.45, 2.75) is 20.4 Å². The summed E-state index contributed by atoms with van der Waals surface area (Å²) in [5.74, 6) is 0. The Bertz CT molecular complexity index is 373. The topological polar surface area (TPSA) is 48.0 Å². The molecule has 3 heteroatoms. The number of nitrogens with two attached hydrogens (primary N) is 1. The zero-order valence-corrected chi connectivity index (χ0v) is 7.95. The normalized spacial score (nSPS) is 9.69. The van der Waals surface area contributed by atoms with Crippen molar-refractivity contribution >= 4 is 5.69 Å². The molecule has 0 saturated carbocycles. The minimum Gasteiger partial charge on any atom is -0.394 e. The smallest absolute Gasteiger partial charge is 0.273 e. The maximum absolute atomic E-state index is 11.4. The first-order valence-corrected chi connectivity index (χ1v) is 4.19. The van der Waals surface area contributed by atoms with Gasteiger partial charge in [-0.05, 0) is 26.0 Å². The molecule has 0 aliphatic carbocycles. The van der Waals surface area contributed by atoms with Gasteiger partial charge in [0.15, 0.2) is 0 Å². The third-order valence-corrected chi connectivity index (χ3v) is 1.75. The quantitative estimate of drug-likeness (QED) is 0.696. The molecule has 1 heterocycles. The highest BCUT2D eigenvalue weighted by atomic mass is 16.1. The van der Waals surface area contributed by atoms with Crippen LogP contribution in [0.5, 0.6) is 0 Å². The van der Waals surface area contributed by atoms with E-state index in [4.69, 9.17) is 5.73 Å². The second-order valence-corrected chi connectivity index (χ2v) is 3.20. The summed E-state index contributed by atoms with van der Waals surface area (Å²) in [5.41, 5.74) is 6.83. The zero-order chi connectivity index (χ0) is 9.84. The average molecular weight is 178 g/mol. The molecular weight excluding hydrogens is 164 g/mol. The molecule has 13 heavy (non-hydrogen) atoms. The highest BCUT2D eigenvalue weighted by molar-refractivity contribution is 5.33. The molecule has 0 amide bonds. The molecule has 0 aliphatic rings. The summed E-state index contributed by atoms with van der Waals surface area (Å²) in [6.45, 7) is 4.58. The predicted molar refractivity (Wildman–Crippen MR) is 54.5 cm³/mol. The Balaban J connectivity index is 2.97. The lowest BCUT2D eigenvalue weighted by Gasteiger charge is -2.02. The molecule has 1 rings (SSSR count). The van der Waals surface area contributed by atoms with Gasteiger partial charge in [-0.15, -0.1) is 0 Å². The molecule has 0 bridgehead atoms. The second kappa shape index (κ2) is 3.94. The van der Waals surface area contributed by atoms with Gasteiger partial charge in [0.05, 0.1) is 5.69 Å². The van der Waals surface area contributed by atoms with Gasteiger partial charge in [0.1, 0.15) is 0 Å². The molecule has 1 aromatic rings. The summed E-state index contributed by atoms with van der Waals surface area (Å²) in [7, 11) is 0. The largest absolute Gasteiger partial charge is 0.394 e. The van der Waals surface area contributed by atoms with Gasteiger partial charge in [-0.1, -0.05) is 11.6 Å². The minimum absolute atomic E-state index is 0.125. The Kier molecular flexibility index (Phi) is 2.90. The standard InChI is InChI=1S/C10H14N2O/c1-8(2)5-7-12-6-3-4-9(11)10(12)13/h3-6H,7,11H2,1-2H3. The minimum atomic E-state index is -0.125. The van der Waals surface area contributed by atoms with E-state index in [1.54, 1.807) is 22.9 Å².